The van der Waals surface area contributed by atoms with Crippen LogP contribution >= 0.6 is 11.6 Å². The molecule has 1 heterocycles. The minimum absolute atomic E-state index is 0.0715. The molecule has 0 bridgehead atoms. The van der Waals surface area contributed by atoms with Gasteiger partial charge in [-0.25, -0.2) is 0 Å². The number of allylic oxidation sites excluding steroid dienone is 1. The lowest BCUT2D eigenvalue weighted by Gasteiger charge is -2.37. The third-order valence-electron chi connectivity index (χ3n) is 3.72. The zero-order valence-electron chi connectivity index (χ0n) is 13.3. The molecule has 1 aromatic carbocycles. The number of hydrogen-bond acceptors (Lipinski definition) is 5. The molecule has 0 spiro atoms. The van der Waals surface area contributed by atoms with Crippen LogP contribution < -0.4 is 10.2 Å². The number of rotatable bonds is 3. The fourth-order valence-electron chi connectivity index (χ4n) is 2.47. The number of amides is 1. The second-order valence-corrected chi connectivity index (χ2v) is 5.80. The highest BCUT2D eigenvalue weighted by Crippen LogP contribution is 2.31. The van der Waals surface area contributed by atoms with Gasteiger partial charge < -0.3 is 15.1 Å². The van der Waals surface area contributed by atoms with Gasteiger partial charge in [0.2, 0.25) is 0 Å². The standard InChI is InChI=1S/C16H13ClF3N5O/c17-12-1-2-14(13(7-12)23-10-11(8-21)9-22)24-3-5-25(6-4-24)15(26)16(18,19)20/h1-2,7,10,23H,3-6H2. The second-order valence-electron chi connectivity index (χ2n) is 5.36. The van der Waals surface area contributed by atoms with E-state index in [9.17, 15) is 18.0 Å². The molecule has 0 unspecified atom stereocenters. The summed E-state index contributed by atoms with van der Waals surface area (Å²) in [6.45, 7) is 0.256. The molecule has 1 N–H and O–H groups in total. The molecule has 26 heavy (non-hydrogen) atoms. The van der Waals surface area contributed by atoms with Crippen molar-refractivity contribution < 1.29 is 18.0 Å². The van der Waals surface area contributed by atoms with Crippen LogP contribution in [0.15, 0.2) is 30.0 Å². The van der Waals surface area contributed by atoms with Crippen molar-refractivity contribution in [1.82, 2.24) is 4.90 Å². The van der Waals surface area contributed by atoms with Crippen molar-refractivity contribution >= 4 is 28.9 Å². The van der Waals surface area contributed by atoms with Gasteiger partial charge in [0.1, 0.15) is 17.7 Å². The summed E-state index contributed by atoms with van der Waals surface area (Å²) in [6, 6.07) is 8.29. The molecule has 1 aromatic rings. The molecule has 0 aromatic heterocycles. The lowest BCUT2D eigenvalue weighted by Crippen LogP contribution is -2.52. The van der Waals surface area contributed by atoms with Crippen LogP contribution in [0.25, 0.3) is 0 Å². The molecule has 0 atom stereocenters. The maximum Gasteiger partial charge on any atom is 0.471 e. The van der Waals surface area contributed by atoms with Gasteiger partial charge in [-0.05, 0) is 18.2 Å². The van der Waals surface area contributed by atoms with E-state index < -0.39 is 12.1 Å². The number of halogens is 4. The Morgan fingerprint density at radius 2 is 1.81 bits per heavy atom. The van der Waals surface area contributed by atoms with Gasteiger partial charge in [-0.2, -0.15) is 23.7 Å². The van der Waals surface area contributed by atoms with Gasteiger partial charge in [-0.15, -0.1) is 0 Å². The first-order chi connectivity index (χ1) is 12.3. The number of carbonyl (C=O) groups is 1. The minimum atomic E-state index is -4.88. The molecule has 0 radical (unpaired) electrons. The van der Waals surface area contributed by atoms with E-state index in [4.69, 9.17) is 22.1 Å². The van der Waals surface area contributed by atoms with Crippen LogP contribution in [-0.2, 0) is 4.79 Å². The third kappa shape index (κ3) is 4.58. The smallest absolute Gasteiger partial charge is 0.366 e. The van der Waals surface area contributed by atoms with Gasteiger partial charge in [0.25, 0.3) is 0 Å². The van der Waals surface area contributed by atoms with Gasteiger partial charge in [-0.3, -0.25) is 4.79 Å². The first-order valence-electron chi connectivity index (χ1n) is 7.43. The monoisotopic (exact) mass is 383 g/mol. The molecule has 10 heteroatoms. The Hall–Kier alpha value is -2.91. The molecule has 2 rings (SSSR count). The van der Waals surface area contributed by atoms with Crippen LogP contribution in [0.5, 0.6) is 0 Å². The molecular weight excluding hydrogens is 371 g/mol. The molecule has 1 aliphatic heterocycles. The van der Waals surface area contributed by atoms with E-state index in [-0.39, 0.29) is 31.8 Å². The van der Waals surface area contributed by atoms with Crippen molar-refractivity contribution in [3.05, 3.63) is 35.0 Å². The molecule has 1 aliphatic rings. The van der Waals surface area contributed by atoms with Crippen molar-refractivity contribution in [2.45, 2.75) is 6.18 Å². The number of benzene rings is 1. The zero-order valence-corrected chi connectivity index (χ0v) is 14.1. The first kappa shape index (κ1) is 19.4. The average Bonchev–Trinajstić information content (AvgIpc) is 2.61. The minimum Gasteiger partial charge on any atom is -0.366 e. The molecule has 136 valence electrons. The summed E-state index contributed by atoms with van der Waals surface area (Å²) in [5.41, 5.74) is 0.993. The van der Waals surface area contributed by atoms with Crippen LogP contribution in [0.4, 0.5) is 24.5 Å². The summed E-state index contributed by atoms with van der Waals surface area (Å²) < 4.78 is 37.6. The highest BCUT2D eigenvalue weighted by atomic mass is 35.5. The van der Waals surface area contributed by atoms with Crippen LogP contribution in [0.1, 0.15) is 0 Å². The lowest BCUT2D eigenvalue weighted by molar-refractivity contribution is -0.185. The van der Waals surface area contributed by atoms with Gasteiger partial charge in [0.15, 0.2) is 0 Å². The first-order valence-corrected chi connectivity index (χ1v) is 7.81. The van der Waals surface area contributed by atoms with Gasteiger partial charge >= 0.3 is 12.1 Å². The maximum absolute atomic E-state index is 12.5. The summed E-state index contributed by atoms with van der Waals surface area (Å²) in [5.74, 6) is -1.85. The Bertz CT molecular complexity index is 786. The van der Waals surface area contributed by atoms with Crippen LogP contribution in [0.3, 0.4) is 0 Å². The zero-order chi connectivity index (χ0) is 19.3. The van der Waals surface area contributed by atoms with E-state index in [1.165, 1.54) is 6.20 Å². The van der Waals surface area contributed by atoms with Gasteiger partial charge in [0.05, 0.1) is 11.4 Å². The van der Waals surface area contributed by atoms with Crippen molar-refractivity contribution in [2.24, 2.45) is 0 Å². The van der Waals surface area contributed by atoms with Crippen LogP contribution in [0.2, 0.25) is 5.02 Å². The Kier molecular flexibility index (Phi) is 5.96. The van der Waals surface area contributed by atoms with E-state index in [1.54, 1.807) is 35.2 Å². The summed E-state index contributed by atoms with van der Waals surface area (Å²) in [4.78, 5) is 13.9. The Morgan fingerprint density at radius 1 is 1.19 bits per heavy atom. The predicted molar refractivity (Wildman–Crippen MR) is 89.2 cm³/mol. The number of piperazine rings is 1. The molecule has 1 fully saturated rings. The highest BCUT2D eigenvalue weighted by molar-refractivity contribution is 6.31. The Morgan fingerprint density at radius 3 is 2.35 bits per heavy atom. The highest BCUT2D eigenvalue weighted by Gasteiger charge is 2.43. The predicted octanol–water partition coefficient (Wildman–Crippen LogP) is 2.89. The molecule has 0 aliphatic carbocycles. The van der Waals surface area contributed by atoms with E-state index in [0.29, 0.717) is 16.4 Å². The average molecular weight is 384 g/mol. The molecule has 1 saturated heterocycles. The lowest BCUT2D eigenvalue weighted by atomic mass is 10.2. The molecule has 1 amide bonds. The number of carbonyl (C=O) groups excluding carboxylic acids is 1. The topological polar surface area (TPSA) is 83.2 Å². The summed E-state index contributed by atoms with van der Waals surface area (Å²) in [6.07, 6.45) is -3.66. The fourth-order valence-corrected chi connectivity index (χ4v) is 2.64. The van der Waals surface area contributed by atoms with Crippen molar-refractivity contribution in [3.63, 3.8) is 0 Å². The van der Waals surface area contributed by atoms with E-state index in [0.717, 1.165) is 4.90 Å². The summed E-state index contributed by atoms with van der Waals surface area (Å²) in [7, 11) is 0. The Balaban J connectivity index is 2.16. The number of anilines is 2. The van der Waals surface area contributed by atoms with Crippen LogP contribution in [-0.4, -0.2) is 43.2 Å². The van der Waals surface area contributed by atoms with Gasteiger partial charge in [0, 0.05) is 37.4 Å². The van der Waals surface area contributed by atoms with E-state index in [1.807, 2.05) is 0 Å². The Labute approximate surface area is 152 Å². The normalized spacial score (nSPS) is 14.2. The number of alkyl halides is 3. The van der Waals surface area contributed by atoms with Crippen molar-refractivity contribution in [1.29, 1.82) is 10.5 Å². The van der Waals surface area contributed by atoms with Gasteiger partial charge in [-0.1, -0.05) is 11.6 Å². The molecule has 6 nitrogen and oxygen atoms in total. The quantitative estimate of drug-likeness (QED) is 0.811. The summed E-state index contributed by atoms with van der Waals surface area (Å²) in [5, 5.41) is 20.8. The van der Waals surface area contributed by atoms with Crippen molar-refractivity contribution in [3.8, 4) is 12.1 Å². The number of hydrogen-bond donors (Lipinski definition) is 1. The summed E-state index contributed by atoms with van der Waals surface area (Å²) >= 11 is 5.97. The maximum atomic E-state index is 12.5. The largest absolute Gasteiger partial charge is 0.471 e. The van der Waals surface area contributed by atoms with Crippen LogP contribution in [0, 0.1) is 22.7 Å². The SMILES string of the molecule is N#CC(C#N)=CNc1cc(Cl)ccc1N1CCN(C(=O)C(F)(F)F)CC1. The second kappa shape index (κ2) is 7.98. The van der Waals surface area contributed by atoms with Crippen molar-refractivity contribution in [2.75, 3.05) is 36.4 Å². The molecular formula is C16H13ClF3N5O. The van der Waals surface area contributed by atoms with E-state index >= 15 is 0 Å². The number of nitrogens with zero attached hydrogens (tertiary/aromatic N) is 4. The number of nitrogens with one attached hydrogen (secondary N) is 1. The van der Waals surface area contributed by atoms with E-state index in [2.05, 4.69) is 5.32 Å². The molecule has 0 saturated carbocycles. The third-order valence-corrected chi connectivity index (χ3v) is 3.96. The fraction of sp³-hybridized carbons (Fsp3) is 0.312. The number of nitriles is 2.